The Kier molecular flexibility index (Phi) is 5.50. The second-order valence-corrected chi connectivity index (χ2v) is 6.03. The Hall–Kier alpha value is -0.370. The number of hydrogen-bond acceptors (Lipinski definition) is 7. The number of nitrogens with zero attached hydrogens (tertiary/aromatic N) is 3. The molecule has 1 aliphatic rings. The Balaban J connectivity index is 1.66. The SMILES string of the molecule is CCNc1nnc(SCCN2CCOCC2)s1. The fourth-order valence-corrected chi connectivity index (χ4v) is 3.47. The third-order valence-corrected chi connectivity index (χ3v) is 4.47. The molecular weight excluding hydrogens is 256 g/mol. The van der Waals surface area contributed by atoms with Crippen molar-refractivity contribution in [3.8, 4) is 0 Å². The molecule has 96 valence electrons. The molecule has 1 N–H and O–H groups in total. The van der Waals surface area contributed by atoms with Crippen molar-refractivity contribution in [2.45, 2.75) is 11.3 Å². The summed E-state index contributed by atoms with van der Waals surface area (Å²) in [5.74, 6) is 1.07. The summed E-state index contributed by atoms with van der Waals surface area (Å²) in [4.78, 5) is 2.43. The summed E-state index contributed by atoms with van der Waals surface area (Å²) >= 11 is 3.41. The molecule has 17 heavy (non-hydrogen) atoms. The average Bonchev–Trinajstić information content (AvgIpc) is 2.79. The molecule has 0 radical (unpaired) electrons. The summed E-state index contributed by atoms with van der Waals surface area (Å²) in [6.07, 6.45) is 0. The van der Waals surface area contributed by atoms with Gasteiger partial charge in [0.2, 0.25) is 5.13 Å². The molecule has 1 fully saturated rings. The molecule has 0 spiro atoms. The second-order valence-electron chi connectivity index (χ2n) is 3.71. The Morgan fingerprint density at radius 2 is 2.24 bits per heavy atom. The number of thioether (sulfide) groups is 1. The highest BCUT2D eigenvalue weighted by molar-refractivity contribution is 8.01. The van der Waals surface area contributed by atoms with Crippen molar-refractivity contribution < 1.29 is 4.74 Å². The van der Waals surface area contributed by atoms with Gasteiger partial charge in [0.1, 0.15) is 0 Å². The van der Waals surface area contributed by atoms with E-state index in [1.807, 2.05) is 0 Å². The third-order valence-electron chi connectivity index (χ3n) is 2.47. The Bertz CT molecular complexity index is 328. The first-order chi connectivity index (χ1) is 8.38. The number of rotatable bonds is 6. The van der Waals surface area contributed by atoms with Gasteiger partial charge >= 0.3 is 0 Å². The van der Waals surface area contributed by atoms with Crippen LogP contribution in [0.5, 0.6) is 0 Å². The van der Waals surface area contributed by atoms with Crippen LogP contribution in [0.4, 0.5) is 5.13 Å². The van der Waals surface area contributed by atoms with Crippen molar-refractivity contribution >= 4 is 28.2 Å². The molecule has 7 heteroatoms. The lowest BCUT2D eigenvalue weighted by Crippen LogP contribution is -2.37. The molecule has 0 amide bonds. The van der Waals surface area contributed by atoms with Gasteiger partial charge in [-0.05, 0) is 6.92 Å². The Morgan fingerprint density at radius 3 is 3.00 bits per heavy atom. The van der Waals surface area contributed by atoms with Crippen LogP contribution in [0, 0.1) is 0 Å². The average molecular weight is 274 g/mol. The molecule has 0 bridgehead atoms. The number of hydrogen-bond donors (Lipinski definition) is 1. The summed E-state index contributed by atoms with van der Waals surface area (Å²) in [7, 11) is 0. The number of anilines is 1. The van der Waals surface area contributed by atoms with E-state index in [9.17, 15) is 0 Å². The highest BCUT2D eigenvalue weighted by Gasteiger charge is 2.10. The van der Waals surface area contributed by atoms with Crippen LogP contribution in [0.25, 0.3) is 0 Å². The van der Waals surface area contributed by atoms with Crippen LogP contribution in [0.3, 0.4) is 0 Å². The number of ether oxygens (including phenoxy) is 1. The first-order valence-electron chi connectivity index (χ1n) is 5.88. The van der Waals surface area contributed by atoms with Crippen LogP contribution in [0.1, 0.15) is 6.92 Å². The molecule has 1 saturated heterocycles. The van der Waals surface area contributed by atoms with Gasteiger partial charge in [-0.1, -0.05) is 23.1 Å². The predicted octanol–water partition coefficient (Wildman–Crippen LogP) is 1.39. The minimum absolute atomic E-state index is 0.869. The van der Waals surface area contributed by atoms with Crippen molar-refractivity contribution in [1.29, 1.82) is 0 Å². The van der Waals surface area contributed by atoms with Crippen molar-refractivity contribution in [2.24, 2.45) is 0 Å². The fourth-order valence-electron chi connectivity index (χ4n) is 1.58. The summed E-state index contributed by atoms with van der Waals surface area (Å²) in [6, 6.07) is 0. The van der Waals surface area contributed by atoms with E-state index in [0.717, 1.165) is 54.6 Å². The zero-order valence-corrected chi connectivity index (χ0v) is 11.6. The Morgan fingerprint density at radius 1 is 1.41 bits per heavy atom. The van der Waals surface area contributed by atoms with Gasteiger partial charge in [0.15, 0.2) is 4.34 Å². The van der Waals surface area contributed by atoms with Crippen LogP contribution in [0.15, 0.2) is 4.34 Å². The molecule has 0 unspecified atom stereocenters. The smallest absolute Gasteiger partial charge is 0.206 e. The molecule has 5 nitrogen and oxygen atoms in total. The molecule has 1 aliphatic heterocycles. The molecule has 0 aliphatic carbocycles. The lowest BCUT2D eigenvalue weighted by atomic mass is 10.4. The maximum atomic E-state index is 5.32. The monoisotopic (exact) mass is 274 g/mol. The van der Waals surface area contributed by atoms with Crippen LogP contribution < -0.4 is 5.32 Å². The fraction of sp³-hybridized carbons (Fsp3) is 0.800. The van der Waals surface area contributed by atoms with Gasteiger partial charge in [0.05, 0.1) is 13.2 Å². The maximum Gasteiger partial charge on any atom is 0.206 e. The summed E-state index contributed by atoms with van der Waals surface area (Å²) in [5.41, 5.74) is 0. The van der Waals surface area contributed by atoms with Crippen molar-refractivity contribution in [1.82, 2.24) is 15.1 Å². The van der Waals surface area contributed by atoms with Gasteiger partial charge in [0, 0.05) is 31.9 Å². The van der Waals surface area contributed by atoms with Gasteiger partial charge in [0.25, 0.3) is 0 Å². The van der Waals surface area contributed by atoms with Crippen LogP contribution >= 0.6 is 23.1 Å². The van der Waals surface area contributed by atoms with E-state index in [1.54, 1.807) is 23.1 Å². The molecule has 1 aromatic rings. The topological polar surface area (TPSA) is 50.3 Å². The standard InChI is InChI=1S/C10H18N4OS2/c1-2-11-9-12-13-10(17-9)16-8-5-14-3-6-15-7-4-14/h2-8H2,1H3,(H,11,12). The minimum atomic E-state index is 0.869. The van der Waals surface area contributed by atoms with E-state index in [-0.39, 0.29) is 0 Å². The first kappa shape index (κ1) is 13.1. The predicted molar refractivity (Wildman–Crippen MR) is 72.1 cm³/mol. The van der Waals surface area contributed by atoms with E-state index < -0.39 is 0 Å². The summed E-state index contributed by atoms with van der Waals surface area (Å²) in [6.45, 7) is 7.91. The highest BCUT2D eigenvalue weighted by atomic mass is 32.2. The summed E-state index contributed by atoms with van der Waals surface area (Å²) < 4.78 is 6.37. The molecule has 0 atom stereocenters. The number of aromatic nitrogens is 2. The van der Waals surface area contributed by atoms with Crippen LogP contribution in [-0.4, -0.2) is 60.2 Å². The lowest BCUT2D eigenvalue weighted by Gasteiger charge is -2.25. The van der Waals surface area contributed by atoms with E-state index in [1.165, 1.54) is 0 Å². The first-order valence-corrected chi connectivity index (χ1v) is 7.69. The highest BCUT2D eigenvalue weighted by Crippen LogP contribution is 2.25. The normalized spacial score (nSPS) is 17.2. The van der Waals surface area contributed by atoms with Crippen molar-refractivity contribution in [3.05, 3.63) is 0 Å². The summed E-state index contributed by atoms with van der Waals surface area (Å²) in [5, 5.41) is 12.3. The van der Waals surface area contributed by atoms with E-state index in [2.05, 4.69) is 27.3 Å². The number of nitrogens with one attached hydrogen (secondary N) is 1. The molecule has 0 aromatic carbocycles. The Labute approximate surface area is 110 Å². The lowest BCUT2D eigenvalue weighted by molar-refractivity contribution is 0.0410. The molecular formula is C10H18N4OS2. The van der Waals surface area contributed by atoms with Gasteiger partial charge in [-0.15, -0.1) is 10.2 Å². The molecule has 1 aromatic heterocycles. The van der Waals surface area contributed by atoms with E-state index >= 15 is 0 Å². The van der Waals surface area contributed by atoms with Crippen molar-refractivity contribution in [3.63, 3.8) is 0 Å². The third kappa shape index (κ3) is 4.42. The second kappa shape index (κ2) is 7.15. The van der Waals surface area contributed by atoms with E-state index in [0.29, 0.717) is 0 Å². The minimum Gasteiger partial charge on any atom is -0.379 e. The van der Waals surface area contributed by atoms with Crippen molar-refractivity contribution in [2.75, 3.05) is 50.5 Å². The van der Waals surface area contributed by atoms with Gasteiger partial charge < -0.3 is 10.1 Å². The largest absolute Gasteiger partial charge is 0.379 e. The van der Waals surface area contributed by atoms with Gasteiger partial charge in [-0.3, -0.25) is 4.90 Å². The maximum absolute atomic E-state index is 5.32. The zero-order chi connectivity index (χ0) is 11.9. The van der Waals surface area contributed by atoms with Crippen LogP contribution in [-0.2, 0) is 4.74 Å². The quantitative estimate of drug-likeness (QED) is 0.791. The van der Waals surface area contributed by atoms with Gasteiger partial charge in [-0.25, -0.2) is 0 Å². The zero-order valence-electron chi connectivity index (χ0n) is 10.0. The molecule has 2 heterocycles. The molecule has 2 rings (SSSR count). The number of morpholine rings is 1. The van der Waals surface area contributed by atoms with Gasteiger partial charge in [-0.2, -0.15) is 0 Å². The van der Waals surface area contributed by atoms with E-state index in [4.69, 9.17) is 4.74 Å². The molecule has 0 saturated carbocycles. The van der Waals surface area contributed by atoms with Crippen LogP contribution in [0.2, 0.25) is 0 Å².